The van der Waals surface area contributed by atoms with Crippen molar-refractivity contribution in [2.24, 2.45) is 0 Å². The molecule has 1 N–H and O–H groups in total. The van der Waals surface area contributed by atoms with E-state index in [4.69, 9.17) is 5.11 Å². The molecule has 6 heteroatoms. The lowest BCUT2D eigenvalue weighted by atomic mass is 10.2. The van der Waals surface area contributed by atoms with Crippen LogP contribution in [0.1, 0.15) is 60.6 Å². The lowest BCUT2D eigenvalue weighted by Gasteiger charge is -2.24. The number of carboxylic acids is 1. The van der Waals surface area contributed by atoms with Gasteiger partial charge in [-0.25, -0.2) is 0 Å². The smallest absolute Gasteiger partial charge is 0.303 e. The molecule has 1 fully saturated rings. The molecule has 1 aliphatic rings. The quantitative estimate of drug-likeness (QED) is 0.786. The number of carbonyl (C=O) groups excluding carboxylic acids is 1. The molecule has 1 aromatic carbocycles. The van der Waals surface area contributed by atoms with Crippen molar-refractivity contribution in [1.82, 2.24) is 14.7 Å². The Morgan fingerprint density at radius 3 is 2.58 bits per heavy atom. The summed E-state index contributed by atoms with van der Waals surface area (Å²) in [6, 6.07) is 11.8. The van der Waals surface area contributed by atoms with Gasteiger partial charge in [0.25, 0.3) is 5.91 Å². The Hall–Kier alpha value is -2.63. The van der Waals surface area contributed by atoms with E-state index in [2.05, 4.69) is 5.10 Å². The third-order valence-electron chi connectivity index (χ3n) is 4.88. The van der Waals surface area contributed by atoms with Crippen LogP contribution in [0, 0.1) is 0 Å². The van der Waals surface area contributed by atoms with Crippen LogP contribution in [0.4, 0.5) is 0 Å². The Morgan fingerprint density at radius 2 is 1.88 bits per heavy atom. The number of benzene rings is 1. The monoisotopic (exact) mass is 355 g/mol. The first-order valence-electron chi connectivity index (χ1n) is 9.23. The van der Waals surface area contributed by atoms with Gasteiger partial charge in [0.15, 0.2) is 0 Å². The molecule has 0 unspecified atom stereocenters. The highest BCUT2D eigenvalue weighted by atomic mass is 16.4. The molecule has 0 bridgehead atoms. The fourth-order valence-electron chi connectivity index (χ4n) is 3.56. The molecular weight excluding hydrogens is 330 g/mol. The number of nitrogens with zero attached hydrogens (tertiary/aromatic N) is 3. The van der Waals surface area contributed by atoms with Gasteiger partial charge in [-0.05, 0) is 30.9 Å². The molecule has 138 valence electrons. The van der Waals surface area contributed by atoms with Crippen LogP contribution >= 0.6 is 0 Å². The van der Waals surface area contributed by atoms with Gasteiger partial charge in [-0.3, -0.25) is 14.3 Å². The van der Waals surface area contributed by atoms with E-state index in [9.17, 15) is 9.59 Å². The lowest BCUT2D eigenvalue weighted by molar-refractivity contribution is -0.137. The minimum Gasteiger partial charge on any atom is -0.481 e. The summed E-state index contributed by atoms with van der Waals surface area (Å²) >= 11 is 0. The van der Waals surface area contributed by atoms with Gasteiger partial charge in [-0.2, -0.15) is 5.10 Å². The molecule has 2 aromatic rings. The average molecular weight is 355 g/mol. The van der Waals surface area contributed by atoms with E-state index in [1.54, 1.807) is 17.2 Å². The molecule has 6 nitrogen and oxygen atoms in total. The minimum atomic E-state index is -0.840. The topological polar surface area (TPSA) is 75.4 Å². The summed E-state index contributed by atoms with van der Waals surface area (Å²) in [4.78, 5) is 25.8. The van der Waals surface area contributed by atoms with Crippen molar-refractivity contribution >= 4 is 11.9 Å². The van der Waals surface area contributed by atoms with Gasteiger partial charge in [0.05, 0.1) is 6.04 Å². The van der Waals surface area contributed by atoms with Gasteiger partial charge < -0.3 is 10.0 Å². The van der Waals surface area contributed by atoms with E-state index in [1.807, 2.05) is 35.0 Å². The number of hydrogen-bond acceptors (Lipinski definition) is 3. The fraction of sp³-hybridized carbons (Fsp3) is 0.450. The van der Waals surface area contributed by atoms with Crippen LogP contribution in [-0.2, 0) is 11.3 Å². The van der Waals surface area contributed by atoms with Crippen LogP contribution in [0.2, 0.25) is 0 Å². The molecular formula is C20H25N3O3. The maximum Gasteiger partial charge on any atom is 0.303 e. The molecule has 0 aliphatic heterocycles. The highest BCUT2D eigenvalue weighted by Crippen LogP contribution is 2.30. The predicted molar refractivity (Wildman–Crippen MR) is 97.8 cm³/mol. The molecule has 0 spiro atoms. The highest BCUT2D eigenvalue weighted by Gasteiger charge is 2.25. The molecule has 0 saturated heterocycles. The molecule has 3 rings (SSSR count). The Labute approximate surface area is 153 Å². The SMILES string of the molecule is O=C(O)CCCN(Cc1ccccc1)C(=O)c1ccnn1C1CCCC1. The normalized spacial score (nSPS) is 14.5. The maximum absolute atomic E-state index is 13.2. The van der Waals surface area contributed by atoms with E-state index in [0.29, 0.717) is 31.2 Å². The molecule has 1 saturated carbocycles. The summed E-state index contributed by atoms with van der Waals surface area (Å²) < 4.78 is 1.87. The van der Waals surface area contributed by atoms with E-state index in [1.165, 1.54) is 12.8 Å². The first kappa shape index (κ1) is 18.2. The van der Waals surface area contributed by atoms with E-state index in [0.717, 1.165) is 18.4 Å². The number of amides is 1. The van der Waals surface area contributed by atoms with Crippen molar-refractivity contribution in [3.63, 3.8) is 0 Å². The molecule has 0 atom stereocenters. The first-order chi connectivity index (χ1) is 12.6. The van der Waals surface area contributed by atoms with Crippen LogP contribution in [0.3, 0.4) is 0 Å². The first-order valence-corrected chi connectivity index (χ1v) is 9.23. The Bertz CT molecular complexity index is 736. The zero-order valence-electron chi connectivity index (χ0n) is 14.9. The van der Waals surface area contributed by atoms with Gasteiger partial charge in [0, 0.05) is 25.7 Å². The van der Waals surface area contributed by atoms with Crippen molar-refractivity contribution in [3.05, 3.63) is 53.9 Å². The minimum absolute atomic E-state index is 0.0560. The number of aliphatic carboxylic acids is 1. The third kappa shape index (κ3) is 4.50. The van der Waals surface area contributed by atoms with Gasteiger partial charge in [-0.1, -0.05) is 43.2 Å². The van der Waals surface area contributed by atoms with Gasteiger partial charge in [-0.15, -0.1) is 0 Å². The van der Waals surface area contributed by atoms with Gasteiger partial charge in [0.2, 0.25) is 0 Å². The zero-order valence-corrected chi connectivity index (χ0v) is 14.9. The van der Waals surface area contributed by atoms with Crippen LogP contribution in [0.15, 0.2) is 42.6 Å². The highest BCUT2D eigenvalue weighted by molar-refractivity contribution is 5.92. The van der Waals surface area contributed by atoms with Crippen LogP contribution in [0.5, 0.6) is 0 Å². The number of hydrogen-bond donors (Lipinski definition) is 1. The molecule has 1 aromatic heterocycles. The van der Waals surface area contributed by atoms with Crippen molar-refractivity contribution in [2.45, 2.75) is 51.1 Å². The summed E-state index contributed by atoms with van der Waals surface area (Å²) in [7, 11) is 0. The molecule has 1 amide bonds. The average Bonchev–Trinajstić information content (AvgIpc) is 3.32. The van der Waals surface area contributed by atoms with Crippen molar-refractivity contribution in [3.8, 4) is 0 Å². The van der Waals surface area contributed by atoms with Crippen LogP contribution in [0.25, 0.3) is 0 Å². The van der Waals surface area contributed by atoms with Gasteiger partial charge in [0.1, 0.15) is 5.69 Å². The predicted octanol–water partition coefficient (Wildman–Crippen LogP) is 3.51. The maximum atomic E-state index is 13.2. The van der Waals surface area contributed by atoms with E-state index >= 15 is 0 Å². The summed E-state index contributed by atoms with van der Waals surface area (Å²) in [5.74, 6) is -0.920. The Kier molecular flexibility index (Phi) is 6.04. The lowest BCUT2D eigenvalue weighted by Crippen LogP contribution is -2.34. The standard InChI is InChI=1S/C20H25N3O3/c24-19(25)11-6-14-22(15-16-7-2-1-3-8-16)20(26)18-12-13-21-23(18)17-9-4-5-10-17/h1-3,7-8,12-13,17H,4-6,9-11,14-15H2,(H,24,25). The van der Waals surface area contributed by atoms with Gasteiger partial charge >= 0.3 is 5.97 Å². The summed E-state index contributed by atoms with van der Waals surface area (Å²) in [5.41, 5.74) is 1.63. The Morgan fingerprint density at radius 1 is 1.15 bits per heavy atom. The molecule has 1 aliphatic carbocycles. The van der Waals surface area contributed by atoms with Crippen LogP contribution in [-0.4, -0.2) is 38.2 Å². The van der Waals surface area contributed by atoms with Crippen molar-refractivity contribution in [2.75, 3.05) is 6.54 Å². The van der Waals surface area contributed by atoms with Crippen LogP contribution < -0.4 is 0 Å². The second-order valence-corrected chi connectivity index (χ2v) is 6.81. The summed E-state index contributed by atoms with van der Waals surface area (Å²) in [5, 5.41) is 13.3. The largest absolute Gasteiger partial charge is 0.481 e. The van der Waals surface area contributed by atoms with Crippen molar-refractivity contribution in [1.29, 1.82) is 0 Å². The summed E-state index contributed by atoms with van der Waals surface area (Å²) in [6.07, 6.45) is 6.63. The van der Waals surface area contributed by atoms with Crippen molar-refractivity contribution < 1.29 is 14.7 Å². The zero-order chi connectivity index (χ0) is 18.4. The number of rotatable bonds is 8. The molecule has 0 radical (unpaired) electrons. The fourth-order valence-corrected chi connectivity index (χ4v) is 3.56. The second kappa shape index (κ2) is 8.65. The molecule has 1 heterocycles. The second-order valence-electron chi connectivity index (χ2n) is 6.81. The number of carbonyl (C=O) groups is 2. The third-order valence-corrected chi connectivity index (χ3v) is 4.88. The number of carboxylic acid groups (broad SMARTS) is 1. The molecule has 26 heavy (non-hydrogen) atoms. The number of aromatic nitrogens is 2. The summed E-state index contributed by atoms with van der Waals surface area (Å²) in [6.45, 7) is 0.880. The Balaban J connectivity index is 1.77. The van der Waals surface area contributed by atoms with E-state index in [-0.39, 0.29) is 12.3 Å². The van der Waals surface area contributed by atoms with E-state index < -0.39 is 5.97 Å².